The highest BCUT2D eigenvalue weighted by molar-refractivity contribution is 9.10. The number of pyridine rings is 1. The summed E-state index contributed by atoms with van der Waals surface area (Å²) in [5.74, 6) is -0.0725. The first-order valence-corrected chi connectivity index (χ1v) is 9.02. The van der Waals surface area contributed by atoms with Gasteiger partial charge in [-0.1, -0.05) is 20.8 Å². The van der Waals surface area contributed by atoms with Gasteiger partial charge < -0.3 is 15.0 Å². The summed E-state index contributed by atoms with van der Waals surface area (Å²) in [4.78, 5) is 19.7. The number of hydrogen-bond donors (Lipinski definition) is 0. The Morgan fingerprint density at radius 1 is 1.25 bits per heavy atom. The van der Waals surface area contributed by atoms with E-state index < -0.39 is 4.92 Å². The zero-order chi connectivity index (χ0) is 18.3. The molecule has 0 aliphatic carbocycles. The number of anilines is 1. The molecule has 1 aliphatic rings. The molecule has 1 fully saturated rings. The molecule has 0 bridgehead atoms. The molecule has 0 radical (unpaired) electrons. The maximum absolute atomic E-state index is 11.4. The predicted molar refractivity (Wildman–Crippen MR) is 101 cm³/mol. The zero-order valence-electron chi connectivity index (χ0n) is 15.3. The van der Waals surface area contributed by atoms with Crippen LogP contribution < -0.4 is 4.90 Å². The Morgan fingerprint density at radius 2 is 1.88 bits per heavy atom. The second-order valence-corrected chi connectivity index (χ2v) is 9.36. The molecule has 1 aromatic rings. The molecule has 134 valence electrons. The summed E-state index contributed by atoms with van der Waals surface area (Å²) in [7, 11) is 0. The molecule has 1 aromatic heterocycles. The summed E-state index contributed by atoms with van der Waals surface area (Å²) in [6.07, 6.45) is 1.49. The average Bonchev–Trinajstić information content (AvgIpc) is 2.44. The Kier molecular flexibility index (Phi) is 5.25. The number of rotatable bonds is 2. The molecule has 0 aromatic carbocycles. The van der Waals surface area contributed by atoms with E-state index in [1.165, 1.54) is 6.20 Å². The molecule has 0 spiro atoms. The number of nitro groups is 1. The van der Waals surface area contributed by atoms with E-state index in [1.807, 2.05) is 6.07 Å². The van der Waals surface area contributed by atoms with Crippen molar-refractivity contribution in [2.45, 2.75) is 53.1 Å². The Bertz CT molecular complexity index is 622. The third-order valence-electron chi connectivity index (χ3n) is 4.62. The maximum atomic E-state index is 11.4. The van der Waals surface area contributed by atoms with Crippen LogP contribution in [0.15, 0.2) is 16.7 Å². The highest BCUT2D eigenvalue weighted by Crippen LogP contribution is 2.37. The summed E-state index contributed by atoms with van der Waals surface area (Å²) in [5, 5.41) is 11.4. The van der Waals surface area contributed by atoms with Crippen molar-refractivity contribution in [2.75, 3.05) is 24.5 Å². The van der Waals surface area contributed by atoms with Gasteiger partial charge in [0, 0.05) is 31.2 Å². The molecular formula is C17H27BrN4O2. The standard InChI is InChI=1S/C17H27BrN4O2/c1-16(2,3)14-11-20(17(4,5)6)7-8-21(14)13-9-12(18)10-19-15(13)22(23)24/h9-10,14H,7-8,11H2,1-6H3. The van der Waals surface area contributed by atoms with E-state index in [0.29, 0.717) is 5.69 Å². The fraction of sp³-hybridized carbons (Fsp3) is 0.706. The monoisotopic (exact) mass is 398 g/mol. The second-order valence-electron chi connectivity index (χ2n) is 8.45. The molecule has 1 unspecified atom stereocenters. The van der Waals surface area contributed by atoms with Crippen molar-refractivity contribution in [3.05, 3.63) is 26.9 Å². The summed E-state index contributed by atoms with van der Waals surface area (Å²) in [5.41, 5.74) is 0.666. The van der Waals surface area contributed by atoms with Gasteiger partial charge in [0.05, 0.1) is 4.47 Å². The molecule has 1 aliphatic heterocycles. The highest BCUT2D eigenvalue weighted by Gasteiger charge is 2.40. The first kappa shape index (κ1) is 19.1. The van der Waals surface area contributed by atoms with Gasteiger partial charge in [0.25, 0.3) is 0 Å². The third-order valence-corrected chi connectivity index (χ3v) is 5.06. The number of hydrogen-bond acceptors (Lipinski definition) is 5. The molecule has 2 rings (SSSR count). The molecule has 1 atom stereocenters. The zero-order valence-corrected chi connectivity index (χ0v) is 16.9. The average molecular weight is 399 g/mol. The molecule has 2 heterocycles. The minimum Gasteiger partial charge on any atom is -0.359 e. The van der Waals surface area contributed by atoms with Crippen LogP contribution in [0, 0.1) is 15.5 Å². The normalized spacial score (nSPS) is 20.3. The van der Waals surface area contributed by atoms with E-state index in [2.05, 4.69) is 72.3 Å². The second kappa shape index (κ2) is 6.59. The predicted octanol–water partition coefficient (Wildman–Crippen LogP) is 4.09. The van der Waals surface area contributed by atoms with Gasteiger partial charge in [-0.2, -0.15) is 0 Å². The van der Waals surface area contributed by atoms with E-state index in [9.17, 15) is 10.1 Å². The van der Waals surface area contributed by atoms with Crippen molar-refractivity contribution in [3.63, 3.8) is 0 Å². The van der Waals surface area contributed by atoms with Crippen molar-refractivity contribution in [2.24, 2.45) is 5.41 Å². The van der Waals surface area contributed by atoms with Crippen molar-refractivity contribution in [1.29, 1.82) is 0 Å². The van der Waals surface area contributed by atoms with Crippen molar-refractivity contribution < 1.29 is 4.92 Å². The van der Waals surface area contributed by atoms with Gasteiger partial charge in [0.1, 0.15) is 5.69 Å². The van der Waals surface area contributed by atoms with Crippen LogP contribution >= 0.6 is 15.9 Å². The summed E-state index contributed by atoms with van der Waals surface area (Å²) in [6.45, 7) is 15.7. The van der Waals surface area contributed by atoms with Crippen molar-refractivity contribution in [1.82, 2.24) is 9.88 Å². The van der Waals surface area contributed by atoms with E-state index >= 15 is 0 Å². The lowest BCUT2D eigenvalue weighted by atomic mass is 9.83. The Hall–Kier alpha value is -1.21. The highest BCUT2D eigenvalue weighted by atomic mass is 79.9. The van der Waals surface area contributed by atoms with Gasteiger partial charge >= 0.3 is 5.82 Å². The minimum atomic E-state index is -0.391. The van der Waals surface area contributed by atoms with Gasteiger partial charge in [-0.15, -0.1) is 0 Å². The first-order valence-electron chi connectivity index (χ1n) is 8.23. The Morgan fingerprint density at radius 3 is 2.38 bits per heavy atom. The van der Waals surface area contributed by atoms with Gasteiger partial charge in [-0.3, -0.25) is 4.90 Å². The molecular weight excluding hydrogens is 372 g/mol. The van der Waals surface area contributed by atoms with E-state index in [0.717, 1.165) is 24.1 Å². The van der Waals surface area contributed by atoms with Crippen molar-refractivity contribution >= 4 is 27.4 Å². The van der Waals surface area contributed by atoms with E-state index in [4.69, 9.17) is 0 Å². The Balaban J connectivity index is 2.46. The van der Waals surface area contributed by atoms with Crippen LogP contribution in [0.5, 0.6) is 0 Å². The summed E-state index contributed by atoms with van der Waals surface area (Å²) < 4.78 is 0.758. The summed E-state index contributed by atoms with van der Waals surface area (Å²) in [6, 6.07) is 1.98. The quantitative estimate of drug-likeness (QED) is 0.554. The number of nitrogens with zero attached hydrogens (tertiary/aromatic N) is 4. The fourth-order valence-corrected chi connectivity index (χ4v) is 3.51. The topological polar surface area (TPSA) is 62.5 Å². The molecule has 7 heteroatoms. The first-order chi connectivity index (χ1) is 10.9. The minimum absolute atomic E-state index is 0.0138. The molecule has 0 saturated carbocycles. The van der Waals surface area contributed by atoms with Gasteiger partial charge in [0.2, 0.25) is 0 Å². The summed E-state index contributed by atoms with van der Waals surface area (Å²) >= 11 is 3.40. The lowest BCUT2D eigenvalue weighted by molar-refractivity contribution is -0.388. The van der Waals surface area contributed by atoms with Crippen LogP contribution in [-0.4, -0.2) is 46.0 Å². The molecule has 1 saturated heterocycles. The lowest BCUT2D eigenvalue weighted by Gasteiger charge is -2.51. The molecule has 0 amide bonds. The van der Waals surface area contributed by atoms with Crippen molar-refractivity contribution in [3.8, 4) is 0 Å². The molecule has 0 N–H and O–H groups in total. The third kappa shape index (κ3) is 4.06. The van der Waals surface area contributed by atoms with Gasteiger partial charge in [0.15, 0.2) is 6.20 Å². The lowest BCUT2D eigenvalue weighted by Crippen LogP contribution is -2.62. The fourth-order valence-electron chi connectivity index (χ4n) is 3.20. The van der Waals surface area contributed by atoms with Crippen LogP contribution in [0.2, 0.25) is 0 Å². The SMILES string of the molecule is CC(C)(C)C1CN(C(C)(C)C)CCN1c1cc(Br)cnc1[N+](=O)[O-]. The van der Waals surface area contributed by atoms with Crippen LogP contribution in [0.1, 0.15) is 41.5 Å². The van der Waals surface area contributed by atoms with Gasteiger partial charge in [-0.25, -0.2) is 0 Å². The van der Waals surface area contributed by atoms with Crippen LogP contribution in [-0.2, 0) is 0 Å². The molecule has 6 nitrogen and oxygen atoms in total. The number of aromatic nitrogens is 1. The largest absolute Gasteiger partial charge is 0.387 e. The molecule has 24 heavy (non-hydrogen) atoms. The van der Waals surface area contributed by atoms with Crippen LogP contribution in [0.4, 0.5) is 11.5 Å². The van der Waals surface area contributed by atoms with Crippen LogP contribution in [0.3, 0.4) is 0 Å². The maximum Gasteiger partial charge on any atom is 0.387 e. The van der Waals surface area contributed by atoms with E-state index in [-0.39, 0.29) is 22.8 Å². The number of piperazine rings is 1. The van der Waals surface area contributed by atoms with Gasteiger partial charge in [-0.05, 0) is 58.1 Å². The van der Waals surface area contributed by atoms with Crippen LogP contribution in [0.25, 0.3) is 0 Å². The van der Waals surface area contributed by atoms with E-state index in [1.54, 1.807) is 0 Å². The Labute approximate surface area is 152 Å². The number of halogens is 1. The smallest absolute Gasteiger partial charge is 0.359 e.